The van der Waals surface area contributed by atoms with E-state index in [1.54, 1.807) is 0 Å². The zero-order valence-corrected chi connectivity index (χ0v) is 5.38. The van der Waals surface area contributed by atoms with E-state index in [1.807, 2.05) is 0 Å². The fourth-order valence-electron chi connectivity index (χ4n) is 0.372. The van der Waals surface area contributed by atoms with Crippen LogP contribution < -0.4 is 0 Å². The van der Waals surface area contributed by atoms with Gasteiger partial charge in [-0.05, 0) is 0 Å². The van der Waals surface area contributed by atoms with Gasteiger partial charge in [0.2, 0.25) is 6.43 Å². The molecule has 0 radical (unpaired) electrons. The molecule has 5 heteroatoms. The van der Waals surface area contributed by atoms with Gasteiger partial charge in [0.1, 0.15) is 5.83 Å². The summed E-state index contributed by atoms with van der Waals surface area (Å²) < 4.78 is 58.3. The van der Waals surface area contributed by atoms with Gasteiger partial charge in [0.15, 0.2) is 11.7 Å². The number of rotatable bonds is 3. The number of allylic oxidation sites excluding steroid dienone is 3. The van der Waals surface area contributed by atoms with E-state index < -0.39 is 30.3 Å². The topological polar surface area (TPSA) is 0 Å². The Balaban J connectivity index is 4.28. The Morgan fingerprint density at radius 1 is 1.18 bits per heavy atom. The Labute approximate surface area is 60.0 Å². The minimum atomic E-state index is -3.03. The van der Waals surface area contributed by atoms with Crippen molar-refractivity contribution in [3.05, 3.63) is 24.1 Å². The van der Waals surface area contributed by atoms with Crippen molar-refractivity contribution in [3.63, 3.8) is 0 Å². The third kappa shape index (κ3) is 3.75. The first-order valence-electron chi connectivity index (χ1n) is 2.62. The summed E-state index contributed by atoms with van der Waals surface area (Å²) in [5, 5.41) is 0. The summed E-state index contributed by atoms with van der Waals surface area (Å²) in [6, 6.07) is 0. The molecule has 0 heterocycles. The third-order valence-electron chi connectivity index (χ3n) is 0.810. The van der Waals surface area contributed by atoms with Crippen molar-refractivity contribution >= 4 is 0 Å². The highest BCUT2D eigenvalue weighted by atomic mass is 19.3. The molecule has 0 aromatic carbocycles. The standard InChI is InChI=1S/C6H5F5/c1-3(7)6(11)4(8)2-5(9)10/h5H,1-2H2/b6-4-. The Kier molecular flexibility index (Phi) is 3.78. The van der Waals surface area contributed by atoms with Gasteiger partial charge in [-0.25, -0.2) is 22.0 Å². The van der Waals surface area contributed by atoms with Crippen LogP contribution in [0.15, 0.2) is 24.1 Å². The van der Waals surface area contributed by atoms with Crippen LogP contribution in [-0.4, -0.2) is 6.43 Å². The van der Waals surface area contributed by atoms with Crippen LogP contribution in [-0.2, 0) is 0 Å². The van der Waals surface area contributed by atoms with Crippen LogP contribution in [0.1, 0.15) is 6.42 Å². The summed E-state index contributed by atoms with van der Waals surface area (Å²) in [6.45, 7) is 2.40. The SMILES string of the molecule is C=C(F)/C(F)=C(/F)CC(F)F. The van der Waals surface area contributed by atoms with Gasteiger partial charge in [-0.15, -0.1) is 0 Å². The van der Waals surface area contributed by atoms with Crippen LogP contribution in [0.2, 0.25) is 0 Å². The highest BCUT2D eigenvalue weighted by Crippen LogP contribution is 2.21. The van der Waals surface area contributed by atoms with Crippen molar-refractivity contribution in [2.24, 2.45) is 0 Å². The monoisotopic (exact) mass is 172 g/mol. The van der Waals surface area contributed by atoms with Gasteiger partial charge in [0.25, 0.3) is 0 Å². The lowest BCUT2D eigenvalue weighted by atomic mass is 10.3. The number of hydrogen-bond acceptors (Lipinski definition) is 0. The van der Waals surface area contributed by atoms with E-state index in [0.29, 0.717) is 0 Å². The Morgan fingerprint density at radius 3 is 1.91 bits per heavy atom. The first-order chi connectivity index (χ1) is 4.95. The van der Waals surface area contributed by atoms with Crippen LogP contribution in [0.4, 0.5) is 22.0 Å². The maximum absolute atomic E-state index is 12.0. The zero-order valence-electron chi connectivity index (χ0n) is 5.38. The minimum absolute atomic E-state index is 1.42. The number of alkyl halides is 2. The second-order valence-electron chi connectivity index (χ2n) is 1.72. The van der Waals surface area contributed by atoms with Crippen LogP contribution >= 0.6 is 0 Å². The van der Waals surface area contributed by atoms with E-state index in [-0.39, 0.29) is 0 Å². The first kappa shape index (κ1) is 10.1. The van der Waals surface area contributed by atoms with Crippen LogP contribution in [0.3, 0.4) is 0 Å². The third-order valence-corrected chi connectivity index (χ3v) is 0.810. The molecule has 0 N–H and O–H groups in total. The van der Waals surface area contributed by atoms with Gasteiger partial charge in [-0.3, -0.25) is 0 Å². The van der Waals surface area contributed by atoms with E-state index in [4.69, 9.17) is 0 Å². The van der Waals surface area contributed by atoms with Crippen molar-refractivity contribution in [1.82, 2.24) is 0 Å². The summed E-state index contributed by atoms with van der Waals surface area (Å²) in [5.74, 6) is -5.43. The maximum atomic E-state index is 12.0. The Hall–Kier alpha value is -0.870. The largest absolute Gasteiger partial charge is 0.245 e. The van der Waals surface area contributed by atoms with E-state index in [9.17, 15) is 22.0 Å². The normalized spacial score (nSPS) is 13.3. The molecule has 0 nitrogen and oxygen atoms in total. The second-order valence-corrected chi connectivity index (χ2v) is 1.72. The molecule has 0 aliphatic heterocycles. The average molecular weight is 172 g/mol. The van der Waals surface area contributed by atoms with E-state index in [0.717, 1.165) is 0 Å². The molecular weight excluding hydrogens is 167 g/mol. The average Bonchev–Trinajstić information content (AvgIpc) is 1.84. The predicted molar refractivity (Wildman–Crippen MR) is 30.1 cm³/mol. The Bertz CT molecular complexity index is 181. The van der Waals surface area contributed by atoms with Crippen LogP contribution in [0, 0.1) is 0 Å². The fraction of sp³-hybridized carbons (Fsp3) is 0.333. The minimum Gasteiger partial charge on any atom is -0.210 e. The zero-order chi connectivity index (χ0) is 9.02. The summed E-state index contributed by atoms with van der Waals surface area (Å²) in [7, 11) is 0. The van der Waals surface area contributed by atoms with E-state index in [1.165, 1.54) is 0 Å². The second kappa shape index (κ2) is 4.10. The molecule has 0 aromatic heterocycles. The molecule has 0 aliphatic rings. The van der Waals surface area contributed by atoms with Crippen molar-refractivity contribution in [3.8, 4) is 0 Å². The smallest absolute Gasteiger partial charge is 0.210 e. The maximum Gasteiger partial charge on any atom is 0.245 e. The Morgan fingerprint density at radius 2 is 1.64 bits per heavy atom. The van der Waals surface area contributed by atoms with Crippen molar-refractivity contribution in [1.29, 1.82) is 0 Å². The first-order valence-corrected chi connectivity index (χ1v) is 2.62. The summed E-state index contributed by atoms with van der Waals surface area (Å²) in [5.41, 5.74) is 0. The highest BCUT2D eigenvalue weighted by Gasteiger charge is 2.14. The predicted octanol–water partition coefficient (Wildman–Crippen LogP) is 3.28. The number of halogens is 5. The molecule has 0 spiro atoms. The van der Waals surface area contributed by atoms with Crippen LogP contribution in [0.25, 0.3) is 0 Å². The molecule has 64 valence electrons. The number of hydrogen-bond donors (Lipinski definition) is 0. The fourth-order valence-corrected chi connectivity index (χ4v) is 0.372. The molecule has 0 fully saturated rings. The molecule has 0 atom stereocenters. The molecule has 0 aliphatic carbocycles. The quantitative estimate of drug-likeness (QED) is 0.452. The van der Waals surface area contributed by atoms with Gasteiger partial charge < -0.3 is 0 Å². The van der Waals surface area contributed by atoms with Gasteiger partial charge in [0, 0.05) is 0 Å². The molecule has 0 bridgehead atoms. The molecule has 0 amide bonds. The molecule has 0 aromatic rings. The van der Waals surface area contributed by atoms with Gasteiger partial charge >= 0.3 is 0 Å². The summed E-state index contributed by atoms with van der Waals surface area (Å²) in [4.78, 5) is 0. The molecular formula is C6H5F5. The molecule has 0 saturated heterocycles. The lowest BCUT2D eigenvalue weighted by Gasteiger charge is -1.96. The molecule has 0 saturated carbocycles. The summed E-state index contributed by atoms with van der Waals surface area (Å²) >= 11 is 0. The van der Waals surface area contributed by atoms with Crippen molar-refractivity contribution in [2.45, 2.75) is 12.8 Å². The van der Waals surface area contributed by atoms with E-state index >= 15 is 0 Å². The van der Waals surface area contributed by atoms with E-state index in [2.05, 4.69) is 6.58 Å². The van der Waals surface area contributed by atoms with Crippen LogP contribution in [0.5, 0.6) is 0 Å². The van der Waals surface area contributed by atoms with Crippen molar-refractivity contribution < 1.29 is 22.0 Å². The van der Waals surface area contributed by atoms with Crippen molar-refractivity contribution in [2.75, 3.05) is 0 Å². The van der Waals surface area contributed by atoms with Gasteiger partial charge in [0.05, 0.1) is 6.42 Å². The summed E-state index contributed by atoms with van der Waals surface area (Å²) in [6.07, 6.45) is -4.45. The highest BCUT2D eigenvalue weighted by molar-refractivity contribution is 5.18. The molecule has 0 rings (SSSR count). The molecule has 0 unspecified atom stereocenters. The lowest BCUT2D eigenvalue weighted by molar-refractivity contribution is 0.139. The van der Waals surface area contributed by atoms with Gasteiger partial charge in [-0.1, -0.05) is 6.58 Å². The molecule has 11 heavy (non-hydrogen) atoms. The lowest BCUT2D eigenvalue weighted by Crippen LogP contribution is -1.92. The van der Waals surface area contributed by atoms with Gasteiger partial charge in [-0.2, -0.15) is 0 Å².